The third-order valence-corrected chi connectivity index (χ3v) is 4.05. The van der Waals surface area contributed by atoms with Crippen molar-refractivity contribution >= 4 is 33.1 Å². The molecule has 0 aliphatic heterocycles. The first-order chi connectivity index (χ1) is 11.8. The van der Waals surface area contributed by atoms with Gasteiger partial charge in [0.25, 0.3) is 5.91 Å². The molecule has 2 heterocycles. The van der Waals surface area contributed by atoms with Crippen LogP contribution in [0.2, 0.25) is 0 Å². The van der Waals surface area contributed by atoms with Crippen LogP contribution in [0.25, 0.3) is 10.2 Å². The molecule has 0 spiro atoms. The number of carbonyl (C=O) groups excluding carboxylic acids is 1. The summed E-state index contributed by atoms with van der Waals surface area (Å²) in [6.45, 7) is 0. The Bertz CT molecular complexity index is 981. The van der Waals surface area contributed by atoms with E-state index in [0.29, 0.717) is 17.0 Å². The normalized spacial score (nSPS) is 10.7. The Morgan fingerprint density at radius 3 is 2.83 bits per heavy atom. The SMILES string of the molecule is O=C(Nc1ccc(Oc2nn[nH]n2)cc1)c1ccc2scnc2c1. The van der Waals surface area contributed by atoms with Crippen LogP contribution in [0, 0.1) is 0 Å². The van der Waals surface area contributed by atoms with E-state index in [9.17, 15) is 4.79 Å². The van der Waals surface area contributed by atoms with Crippen LogP contribution >= 0.6 is 11.3 Å². The van der Waals surface area contributed by atoms with Crippen molar-refractivity contribution in [1.82, 2.24) is 25.6 Å². The van der Waals surface area contributed by atoms with E-state index in [-0.39, 0.29) is 11.9 Å². The fraction of sp³-hybridized carbons (Fsp3) is 0. The number of H-pyrrole nitrogens is 1. The lowest BCUT2D eigenvalue weighted by molar-refractivity contribution is 0.102. The smallest absolute Gasteiger partial charge is 0.361 e. The van der Waals surface area contributed by atoms with Gasteiger partial charge in [-0.3, -0.25) is 4.79 Å². The van der Waals surface area contributed by atoms with Crippen LogP contribution in [0.1, 0.15) is 10.4 Å². The van der Waals surface area contributed by atoms with Gasteiger partial charge in [0, 0.05) is 11.3 Å². The lowest BCUT2D eigenvalue weighted by Gasteiger charge is -2.06. The number of ether oxygens (including phenoxy) is 1. The zero-order chi connectivity index (χ0) is 16.4. The molecule has 0 fully saturated rings. The molecule has 2 N–H and O–H groups in total. The van der Waals surface area contributed by atoms with Crippen LogP contribution in [0.3, 0.4) is 0 Å². The lowest BCUT2D eigenvalue weighted by Crippen LogP contribution is -2.11. The zero-order valence-corrected chi connectivity index (χ0v) is 12.9. The average Bonchev–Trinajstić information content (AvgIpc) is 3.27. The Balaban J connectivity index is 1.47. The molecule has 0 saturated carbocycles. The third-order valence-electron chi connectivity index (χ3n) is 3.24. The maximum atomic E-state index is 12.3. The van der Waals surface area contributed by atoms with Gasteiger partial charge in [-0.25, -0.2) is 4.98 Å². The van der Waals surface area contributed by atoms with Crippen LogP contribution in [0.15, 0.2) is 48.0 Å². The first-order valence-electron chi connectivity index (χ1n) is 6.94. The van der Waals surface area contributed by atoms with E-state index in [2.05, 4.69) is 30.9 Å². The Morgan fingerprint density at radius 1 is 1.17 bits per heavy atom. The second-order valence-electron chi connectivity index (χ2n) is 4.81. The van der Waals surface area contributed by atoms with Crippen molar-refractivity contribution in [3.05, 3.63) is 53.5 Å². The molecule has 24 heavy (non-hydrogen) atoms. The highest BCUT2D eigenvalue weighted by molar-refractivity contribution is 7.16. The molecule has 8 nitrogen and oxygen atoms in total. The van der Waals surface area contributed by atoms with E-state index in [1.54, 1.807) is 53.2 Å². The Hall–Kier alpha value is -3.33. The number of rotatable bonds is 4. The van der Waals surface area contributed by atoms with Crippen molar-refractivity contribution in [2.75, 3.05) is 5.32 Å². The van der Waals surface area contributed by atoms with Gasteiger partial charge in [0.05, 0.1) is 15.7 Å². The van der Waals surface area contributed by atoms with Crippen LogP contribution in [0.5, 0.6) is 11.8 Å². The van der Waals surface area contributed by atoms with Gasteiger partial charge in [0.15, 0.2) is 0 Å². The Labute approximate surface area is 139 Å². The highest BCUT2D eigenvalue weighted by atomic mass is 32.1. The van der Waals surface area contributed by atoms with E-state index in [0.717, 1.165) is 10.2 Å². The number of nitrogens with one attached hydrogen (secondary N) is 2. The number of anilines is 1. The van der Waals surface area contributed by atoms with Gasteiger partial charge in [-0.05, 0) is 47.7 Å². The number of nitrogens with zero attached hydrogens (tertiary/aromatic N) is 4. The summed E-state index contributed by atoms with van der Waals surface area (Å²) in [7, 11) is 0. The van der Waals surface area contributed by atoms with E-state index < -0.39 is 0 Å². The molecule has 4 aromatic rings. The predicted octanol–water partition coefficient (Wildman–Crippen LogP) is 2.85. The summed E-state index contributed by atoms with van der Waals surface area (Å²) in [6.07, 6.45) is 0. The largest absolute Gasteiger partial charge is 0.422 e. The lowest BCUT2D eigenvalue weighted by atomic mass is 10.2. The molecule has 0 unspecified atom stereocenters. The monoisotopic (exact) mass is 338 g/mol. The molecule has 0 atom stereocenters. The number of fused-ring (bicyclic) bond motifs is 1. The van der Waals surface area contributed by atoms with Gasteiger partial charge in [-0.2, -0.15) is 5.21 Å². The fourth-order valence-electron chi connectivity index (χ4n) is 2.11. The molecule has 2 aromatic heterocycles. The van der Waals surface area contributed by atoms with Gasteiger partial charge < -0.3 is 10.1 Å². The molecular weight excluding hydrogens is 328 g/mol. The van der Waals surface area contributed by atoms with Gasteiger partial charge in [0.2, 0.25) is 0 Å². The van der Waals surface area contributed by atoms with Gasteiger partial charge in [-0.1, -0.05) is 10.2 Å². The first kappa shape index (κ1) is 14.3. The van der Waals surface area contributed by atoms with Crippen LogP contribution in [-0.4, -0.2) is 31.5 Å². The quantitative estimate of drug-likeness (QED) is 0.593. The topological polar surface area (TPSA) is 106 Å². The molecule has 9 heteroatoms. The molecule has 0 bridgehead atoms. The number of aromatic amines is 1. The summed E-state index contributed by atoms with van der Waals surface area (Å²) in [5, 5.41) is 15.9. The van der Waals surface area contributed by atoms with Crippen molar-refractivity contribution in [2.45, 2.75) is 0 Å². The molecule has 0 saturated heterocycles. The number of thiazole rings is 1. The standard InChI is InChI=1S/C15H10N6O2S/c22-14(9-1-6-13-12(7-9)16-8-24-13)17-10-2-4-11(5-3-10)23-15-18-20-21-19-15/h1-8H,(H,17,22)(H,18,19,20,21). The fourth-order valence-corrected chi connectivity index (χ4v) is 2.77. The van der Waals surface area contributed by atoms with Crippen molar-refractivity contribution in [3.8, 4) is 11.8 Å². The molecule has 118 valence electrons. The van der Waals surface area contributed by atoms with Crippen molar-refractivity contribution in [3.63, 3.8) is 0 Å². The van der Waals surface area contributed by atoms with E-state index in [1.165, 1.54) is 0 Å². The molecule has 0 aliphatic rings. The average molecular weight is 338 g/mol. The second kappa shape index (κ2) is 6.05. The van der Waals surface area contributed by atoms with Gasteiger partial charge in [-0.15, -0.1) is 11.3 Å². The summed E-state index contributed by atoms with van der Waals surface area (Å²) in [5.74, 6) is 0.343. The summed E-state index contributed by atoms with van der Waals surface area (Å²) in [6, 6.07) is 12.4. The minimum absolute atomic E-state index is 0.128. The first-order valence-corrected chi connectivity index (χ1v) is 7.82. The van der Waals surface area contributed by atoms with Crippen molar-refractivity contribution < 1.29 is 9.53 Å². The number of amides is 1. The maximum Gasteiger partial charge on any atom is 0.361 e. The Morgan fingerprint density at radius 2 is 2.04 bits per heavy atom. The summed E-state index contributed by atoms with van der Waals surface area (Å²) >= 11 is 1.54. The highest BCUT2D eigenvalue weighted by Gasteiger charge is 2.08. The zero-order valence-electron chi connectivity index (χ0n) is 12.1. The number of hydrogen-bond donors (Lipinski definition) is 2. The number of aromatic nitrogens is 5. The highest BCUT2D eigenvalue weighted by Crippen LogP contribution is 2.22. The number of hydrogen-bond acceptors (Lipinski definition) is 7. The second-order valence-corrected chi connectivity index (χ2v) is 5.70. The predicted molar refractivity (Wildman–Crippen MR) is 88.3 cm³/mol. The molecule has 2 aromatic carbocycles. The van der Waals surface area contributed by atoms with Crippen LogP contribution < -0.4 is 10.1 Å². The van der Waals surface area contributed by atoms with E-state index >= 15 is 0 Å². The molecule has 0 aliphatic carbocycles. The summed E-state index contributed by atoms with van der Waals surface area (Å²) in [5.41, 5.74) is 3.78. The van der Waals surface area contributed by atoms with E-state index in [4.69, 9.17) is 4.74 Å². The number of benzene rings is 2. The Kier molecular flexibility index (Phi) is 3.60. The third kappa shape index (κ3) is 2.92. The molecule has 1 amide bonds. The minimum atomic E-state index is -0.197. The summed E-state index contributed by atoms with van der Waals surface area (Å²) < 4.78 is 6.42. The van der Waals surface area contributed by atoms with E-state index in [1.807, 2.05) is 6.07 Å². The van der Waals surface area contributed by atoms with Crippen LogP contribution in [-0.2, 0) is 0 Å². The van der Waals surface area contributed by atoms with Crippen molar-refractivity contribution in [1.29, 1.82) is 0 Å². The molecular formula is C15H10N6O2S. The molecule has 0 radical (unpaired) electrons. The van der Waals surface area contributed by atoms with Crippen LogP contribution in [0.4, 0.5) is 5.69 Å². The number of carbonyl (C=O) groups is 1. The maximum absolute atomic E-state index is 12.3. The van der Waals surface area contributed by atoms with Gasteiger partial charge >= 0.3 is 6.01 Å². The van der Waals surface area contributed by atoms with Crippen molar-refractivity contribution in [2.24, 2.45) is 0 Å². The molecule has 4 rings (SSSR count). The number of tetrazole rings is 1. The van der Waals surface area contributed by atoms with Gasteiger partial charge in [0.1, 0.15) is 5.75 Å². The minimum Gasteiger partial charge on any atom is -0.422 e. The summed E-state index contributed by atoms with van der Waals surface area (Å²) in [4.78, 5) is 16.5.